The molecule has 2 aromatic rings. The summed E-state index contributed by atoms with van der Waals surface area (Å²) in [6.45, 7) is 1.31. The number of aromatic nitrogens is 3. The molecule has 3 rings (SSSR count). The molecule has 0 radical (unpaired) electrons. The molecule has 0 atom stereocenters. The third-order valence-corrected chi connectivity index (χ3v) is 3.75. The third kappa shape index (κ3) is 3.59. The van der Waals surface area contributed by atoms with Crippen LogP contribution < -0.4 is 11.1 Å². The lowest BCUT2D eigenvalue weighted by Gasteiger charge is -2.25. The quantitative estimate of drug-likeness (QED) is 0.643. The van der Waals surface area contributed by atoms with Crippen LogP contribution in [-0.4, -0.2) is 27.3 Å². The van der Waals surface area contributed by atoms with Gasteiger partial charge in [0.05, 0.1) is 5.69 Å². The molecule has 1 aliphatic rings. The van der Waals surface area contributed by atoms with Gasteiger partial charge < -0.3 is 11.1 Å². The Bertz CT molecular complexity index is 600. The van der Waals surface area contributed by atoms with Crippen molar-refractivity contribution in [2.24, 2.45) is 16.6 Å². The average Bonchev–Trinajstić information content (AvgIpc) is 2.93. The first-order chi connectivity index (χ1) is 10.3. The summed E-state index contributed by atoms with van der Waals surface area (Å²) >= 11 is 0. The van der Waals surface area contributed by atoms with Crippen LogP contribution >= 0.6 is 0 Å². The molecule has 0 saturated heterocycles. The van der Waals surface area contributed by atoms with E-state index in [-0.39, 0.29) is 0 Å². The van der Waals surface area contributed by atoms with E-state index in [9.17, 15) is 0 Å². The van der Waals surface area contributed by atoms with Crippen molar-refractivity contribution in [3.8, 4) is 5.69 Å². The summed E-state index contributed by atoms with van der Waals surface area (Å²) < 4.78 is 1.74. The number of guanidine groups is 1. The predicted octanol–water partition coefficient (Wildman–Crippen LogP) is 1.47. The average molecular weight is 284 g/mol. The molecule has 0 aliphatic heterocycles. The van der Waals surface area contributed by atoms with Crippen molar-refractivity contribution in [2.45, 2.75) is 25.8 Å². The molecule has 3 N–H and O–H groups in total. The normalized spacial score (nSPS) is 15.7. The topological polar surface area (TPSA) is 81.1 Å². The van der Waals surface area contributed by atoms with Crippen molar-refractivity contribution >= 4 is 5.96 Å². The van der Waals surface area contributed by atoms with Crippen molar-refractivity contribution in [3.63, 3.8) is 0 Å². The molecule has 0 bridgehead atoms. The second-order valence-corrected chi connectivity index (χ2v) is 5.32. The Balaban J connectivity index is 1.54. The molecule has 1 aliphatic carbocycles. The molecule has 6 heteroatoms. The number of nitrogens with two attached hydrogens (primary N) is 1. The van der Waals surface area contributed by atoms with Gasteiger partial charge >= 0.3 is 0 Å². The fourth-order valence-corrected chi connectivity index (χ4v) is 2.23. The first-order valence-electron chi connectivity index (χ1n) is 7.31. The van der Waals surface area contributed by atoms with Gasteiger partial charge in [0.15, 0.2) is 11.8 Å². The van der Waals surface area contributed by atoms with Crippen LogP contribution in [0.2, 0.25) is 0 Å². The Morgan fingerprint density at radius 1 is 1.33 bits per heavy atom. The zero-order valence-electron chi connectivity index (χ0n) is 11.9. The van der Waals surface area contributed by atoms with Crippen molar-refractivity contribution < 1.29 is 0 Å². The van der Waals surface area contributed by atoms with E-state index in [0.29, 0.717) is 18.3 Å². The van der Waals surface area contributed by atoms with Gasteiger partial charge in [-0.25, -0.2) is 14.7 Å². The summed E-state index contributed by atoms with van der Waals surface area (Å²) in [7, 11) is 0. The monoisotopic (exact) mass is 284 g/mol. The van der Waals surface area contributed by atoms with Gasteiger partial charge in [0.25, 0.3) is 0 Å². The van der Waals surface area contributed by atoms with Crippen LogP contribution in [0.25, 0.3) is 5.69 Å². The molecular formula is C15H20N6. The van der Waals surface area contributed by atoms with E-state index in [4.69, 9.17) is 5.73 Å². The highest BCUT2D eigenvalue weighted by Crippen LogP contribution is 2.24. The molecule has 6 nitrogen and oxygen atoms in total. The maximum Gasteiger partial charge on any atom is 0.189 e. The van der Waals surface area contributed by atoms with Crippen LogP contribution in [0.5, 0.6) is 0 Å². The summed E-state index contributed by atoms with van der Waals surface area (Å²) in [6, 6.07) is 9.88. The van der Waals surface area contributed by atoms with Crippen LogP contribution in [0.3, 0.4) is 0 Å². The van der Waals surface area contributed by atoms with E-state index in [1.54, 1.807) is 11.0 Å². The standard InChI is InChI=1S/C15H20N6/c16-15(17-9-12-5-4-6-12)18-10-14-19-11-21(20-14)13-7-2-1-3-8-13/h1-3,7-8,11-12H,4-6,9-10H2,(H3,16,17,18). The molecule has 0 spiro atoms. The smallest absolute Gasteiger partial charge is 0.189 e. The lowest BCUT2D eigenvalue weighted by molar-refractivity contribution is 0.315. The number of para-hydroxylation sites is 1. The second kappa shape index (κ2) is 6.39. The maximum absolute atomic E-state index is 5.84. The SMILES string of the molecule is NC(=NCc1ncn(-c2ccccc2)n1)NCC1CCC1. The van der Waals surface area contributed by atoms with Crippen LogP contribution in [0.15, 0.2) is 41.7 Å². The minimum Gasteiger partial charge on any atom is -0.370 e. The third-order valence-electron chi connectivity index (χ3n) is 3.75. The molecule has 110 valence electrons. The summed E-state index contributed by atoms with van der Waals surface area (Å²) in [5, 5.41) is 7.55. The number of benzene rings is 1. The lowest BCUT2D eigenvalue weighted by Crippen LogP contribution is -2.37. The summed E-state index contributed by atoms with van der Waals surface area (Å²) in [4.78, 5) is 8.53. The molecule has 1 saturated carbocycles. The Labute approximate surface area is 124 Å². The van der Waals surface area contributed by atoms with Gasteiger partial charge in [-0.2, -0.15) is 0 Å². The van der Waals surface area contributed by atoms with Crippen molar-refractivity contribution in [1.82, 2.24) is 20.1 Å². The zero-order valence-corrected chi connectivity index (χ0v) is 11.9. The molecule has 0 amide bonds. The summed E-state index contributed by atoms with van der Waals surface area (Å²) in [6.07, 6.45) is 5.62. The Morgan fingerprint density at radius 2 is 2.14 bits per heavy atom. The Hall–Kier alpha value is -2.37. The van der Waals surface area contributed by atoms with Crippen LogP contribution in [0.1, 0.15) is 25.1 Å². The van der Waals surface area contributed by atoms with Crippen molar-refractivity contribution in [1.29, 1.82) is 0 Å². The Morgan fingerprint density at radius 3 is 2.86 bits per heavy atom. The molecule has 1 aromatic carbocycles. The highest BCUT2D eigenvalue weighted by Gasteiger charge is 2.16. The predicted molar refractivity (Wildman–Crippen MR) is 82.0 cm³/mol. The van der Waals surface area contributed by atoms with Gasteiger partial charge in [-0.3, -0.25) is 0 Å². The van der Waals surface area contributed by atoms with Crippen LogP contribution in [0.4, 0.5) is 0 Å². The molecule has 21 heavy (non-hydrogen) atoms. The number of nitrogens with one attached hydrogen (secondary N) is 1. The van der Waals surface area contributed by atoms with Gasteiger partial charge in [0.2, 0.25) is 0 Å². The van der Waals surface area contributed by atoms with Gasteiger partial charge in [0.1, 0.15) is 12.9 Å². The molecule has 1 fully saturated rings. The molecule has 0 unspecified atom stereocenters. The number of rotatable bonds is 5. The number of hydrogen-bond acceptors (Lipinski definition) is 3. The number of nitrogens with zero attached hydrogens (tertiary/aromatic N) is 4. The maximum atomic E-state index is 5.84. The number of aliphatic imine (C=N–C) groups is 1. The second-order valence-electron chi connectivity index (χ2n) is 5.32. The summed E-state index contributed by atoms with van der Waals surface area (Å²) in [5.41, 5.74) is 6.83. The fraction of sp³-hybridized carbons (Fsp3) is 0.400. The number of hydrogen-bond donors (Lipinski definition) is 2. The van der Waals surface area contributed by atoms with Gasteiger partial charge in [-0.05, 0) is 30.9 Å². The molecule has 1 heterocycles. The lowest BCUT2D eigenvalue weighted by atomic mass is 9.85. The highest BCUT2D eigenvalue weighted by molar-refractivity contribution is 5.77. The zero-order chi connectivity index (χ0) is 14.5. The van der Waals surface area contributed by atoms with E-state index in [1.807, 2.05) is 30.3 Å². The largest absolute Gasteiger partial charge is 0.370 e. The van der Waals surface area contributed by atoms with E-state index < -0.39 is 0 Å². The van der Waals surface area contributed by atoms with Crippen LogP contribution in [0, 0.1) is 5.92 Å². The highest BCUT2D eigenvalue weighted by atomic mass is 15.3. The van der Waals surface area contributed by atoms with Crippen molar-refractivity contribution in [2.75, 3.05) is 6.54 Å². The van der Waals surface area contributed by atoms with Gasteiger partial charge in [-0.1, -0.05) is 24.6 Å². The van der Waals surface area contributed by atoms with E-state index >= 15 is 0 Å². The summed E-state index contributed by atoms with van der Waals surface area (Å²) in [5.74, 6) is 1.89. The van der Waals surface area contributed by atoms with E-state index in [0.717, 1.165) is 18.2 Å². The Kier molecular flexibility index (Phi) is 4.14. The molecule has 1 aromatic heterocycles. The van der Waals surface area contributed by atoms with Gasteiger partial charge in [-0.15, -0.1) is 5.10 Å². The van der Waals surface area contributed by atoms with Gasteiger partial charge in [0, 0.05) is 6.54 Å². The minimum absolute atomic E-state index is 0.392. The molecular weight excluding hydrogens is 264 g/mol. The fourth-order valence-electron chi connectivity index (χ4n) is 2.23. The first kappa shape index (κ1) is 13.6. The van der Waals surface area contributed by atoms with Crippen LogP contribution in [-0.2, 0) is 6.54 Å². The first-order valence-corrected chi connectivity index (χ1v) is 7.31. The van der Waals surface area contributed by atoms with E-state index in [2.05, 4.69) is 20.4 Å². The minimum atomic E-state index is 0.392. The van der Waals surface area contributed by atoms with E-state index in [1.165, 1.54) is 19.3 Å². The van der Waals surface area contributed by atoms with Crippen molar-refractivity contribution in [3.05, 3.63) is 42.5 Å².